The number of benzene rings is 1. The standard InChI is InChI=1S/C19H30N2O4S/c1-5-7-8-15(6-2)12-20-19(22)18-13-21(26(4,23)24)16-11-14(3)9-10-17(16)25-18/h9-11,15,18H,5-8,12-13H2,1-4H3,(H,20,22)/t15-,18+/m0/s1. The van der Waals surface area contributed by atoms with Crippen molar-refractivity contribution in [1.29, 1.82) is 0 Å². The molecule has 0 aliphatic carbocycles. The maximum atomic E-state index is 12.6. The highest BCUT2D eigenvalue weighted by atomic mass is 32.2. The third kappa shape index (κ3) is 5.13. The van der Waals surface area contributed by atoms with Gasteiger partial charge in [-0.3, -0.25) is 9.10 Å². The maximum absolute atomic E-state index is 12.6. The van der Waals surface area contributed by atoms with Crippen molar-refractivity contribution >= 4 is 21.6 Å². The molecule has 0 bridgehead atoms. The van der Waals surface area contributed by atoms with E-state index in [2.05, 4.69) is 19.2 Å². The average Bonchev–Trinajstić information content (AvgIpc) is 2.59. The summed E-state index contributed by atoms with van der Waals surface area (Å²) in [5.41, 5.74) is 1.43. The molecule has 1 N–H and O–H groups in total. The van der Waals surface area contributed by atoms with E-state index in [4.69, 9.17) is 4.74 Å². The fourth-order valence-corrected chi connectivity index (χ4v) is 4.02. The highest BCUT2D eigenvalue weighted by Gasteiger charge is 2.35. The minimum Gasteiger partial charge on any atom is -0.476 e. The number of rotatable bonds is 8. The number of nitrogens with zero attached hydrogens (tertiary/aromatic N) is 1. The largest absolute Gasteiger partial charge is 0.476 e. The number of carbonyl (C=O) groups excluding carboxylic acids is 1. The number of aryl methyl sites for hydroxylation is 1. The van der Waals surface area contributed by atoms with Gasteiger partial charge in [0, 0.05) is 6.54 Å². The first kappa shape index (κ1) is 20.6. The lowest BCUT2D eigenvalue weighted by Crippen LogP contribution is -2.51. The van der Waals surface area contributed by atoms with E-state index >= 15 is 0 Å². The number of hydrogen-bond acceptors (Lipinski definition) is 4. The highest BCUT2D eigenvalue weighted by molar-refractivity contribution is 7.92. The van der Waals surface area contributed by atoms with E-state index in [1.807, 2.05) is 13.0 Å². The molecular formula is C19H30N2O4S. The predicted octanol–water partition coefficient (Wildman–Crippen LogP) is 2.85. The summed E-state index contributed by atoms with van der Waals surface area (Å²) in [4.78, 5) is 12.6. The molecule has 0 aromatic heterocycles. The zero-order valence-electron chi connectivity index (χ0n) is 16.1. The second-order valence-electron chi connectivity index (χ2n) is 7.03. The van der Waals surface area contributed by atoms with Gasteiger partial charge in [0.25, 0.3) is 5.91 Å². The van der Waals surface area contributed by atoms with Gasteiger partial charge in [0.2, 0.25) is 10.0 Å². The van der Waals surface area contributed by atoms with Gasteiger partial charge in [-0.2, -0.15) is 0 Å². The summed E-state index contributed by atoms with van der Waals surface area (Å²) in [5, 5.41) is 2.94. The van der Waals surface area contributed by atoms with E-state index in [1.54, 1.807) is 12.1 Å². The second-order valence-corrected chi connectivity index (χ2v) is 8.94. The van der Waals surface area contributed by atoms with Gasteiger partial charge in [0.1, 0.15) is 5.75 Å². The molecule has 0 spiro atoms. The third-order valence-electron chi connectivity index (χ3n) is 4.79. The van der Waals surface area contributed by atoms with Crippen LogP contribution in [0.1, 0.15) is 45.1 Å². The number of unbranched alkanes of at least 4 members (excludes halogenated alkanes) is 1. The first-order valence-corrected chi connectivity index (χ1v) is 11.1. The lowest BCUT2D eigenvalue weighted by atomic mass is 9.99. The van der Waals surface area contributed by atoms with Crippen LogP contribution in [0.25, 0.3) is 0 Å². The fraction of sp³-hybridized carbons (Fsp3) is 0.632. The normalized spacial score (nSPS) is 18.0. The van der Waals surface area contributed by atoms with Crippen molar-refractivity contribution < 1.29 is 17.9 Å². The highest BCUT2D eigenvalue weighted by Crippen LogP contribution is 2.35. The molecule has 1 aliphatic rings. The zero-order valence-corrected chi connectivity index (χ0v) is 16.9. The van der Waals surface area contributed by atoms with Crippen molar-refractivity contribution in [2.24, 2.45) is 5.92 Å². The summed E-state index contributed by atoms with van der Waals surface area (Å²) in [6.45, 7) is 6.75. The molecule has 1 aromatic carbocycles. The molecule has 26 heavy (non-hydrogen) atoms. The first-order valence-electron chi connectivity index (χ1n) is 9.29. The van der Waals surface area contributed by atoms with Gasteiger partial charge in [0.15, 0.2) is 6.10 Å². The van der Waals surface area contributed by atoms with Gasteiger partial charge < -0.3 is 10.1 Å². The number of ether oxygens (including phenoxy) is 1. The molecule has 2 atom stereocenters. The Balaban J connectivity index is 2.11. The van der Waals surface area contributed by atoms with Gasteiger partial charge in [-0.15, -0.1) is 0 Å². The number of sulfonamides is 1. The molecule has 0 fully saturated rings. The van der Waals surface area contributed by atoms with E-state index in [0.717, 1.165) is 37.5 Å². The van der Waals surface area contributed by atoms with Gasteiger partial charge in [-0.25, -0.2) is 8.42 Å². The van der Waals surface area contributed by atoms with Crippen LogP contribution >= 0.6 is 0 Å². The Morgan fingerprint density at radius 1 is 1.38 bits per heavy atom. The van der Waals surface area contributed by atoms with Crippen LogP contribution in [-0.4, -0.2) is 39.8 Å². The van der Waals surface area contributed by atoms with Crippen LogP contribution in [0.2, 0.25) is 0 Å². The van der Waals surface area contributed by atoms with Crippen LogP contribution in [0, 0.1) is 12.8 Å². The Labute approximate surface area is 157 Å². The molecular weight excluding hydrogens is 352 g/mol. The topological polar surface area (TPSA) is 75.7 Å². The van der Waals surface area contributed by atoms with Gasteiger partial charge >= 0.3 is 0 Å². The predicted molar refractivity (Wildman–Crippen MR) is 104 cm³/mol. The van der Waals surface area contributed by atoms with E-state index in [9.17, 15) is 13.2 Å². The molecule has 1 heterocycles. The molecule has 7 heteroatoms. The Bertz CT molecular complexity index is 733. The smallest absolute Gasteiger partial charge is 0.263 e. The van der Waals surface area contributed by atoms with E-state index < -0.39 is 16.1 Å². The maximum Gasteiger partial charge on any atom is 0.263 e. The molecule has 0 saturated carbocycles. The van der Waals surface area contributed by atoms with Crippen molar-refractivity contribution in [1.82, 2.24) is 5.32 Å². The average molecular weight is 383 g/mol. The molecule has 0 unspecified atom stereocenters. The summed E-state index contributed by atoms with van der Waals surface area (Å²) in [6.07, 6.45) is 4.67. The van der Waals surface area contributed by atoms with Gasteiger partial charge in [-0.1, -0.05) is 39.2 Å². The monoisotopic (exact) mass is 382 g/mol. The first-order chi connectivity index (χ1) is 12.3. The van der Waals surface area contributed by atoms with Crippen LogP contribution in [0.4, 0.5) is 5.69 Å². The van der Waals surface area contributed by atoms with Crippen molar-refractivity contribution in [3.05, 3.63) is 23.8 Å². The lowest BCUT2D eigenvalue weighted by molar-refractivity contribution is -0.127. The third-order valence-corrected chi connectivity index (χ3v) is 5.93. The van der Waals surface area contributed by atoms with Crippen molar-refractivity contribution in [2.45, 2.75) is 52.6 Å². The van der Waals surface area contributed by atoms with Crippen LogP contribution in [0.5, 0.6) is 5.75 Å². The molecule has 0 radical (unpaired) electrons. The summed E-state index contributed by atoms with van der Waals surface area (Å²) in [7, 11) is -3.50. The number of fused-ring (bicyclic) bond motifs is 1. The number of carbonyl (C=O) groups is 1. The van der Waals surface area contributed by atoms with Gasteiger partial charge in [-0.05, 0) is 37.0 Å². The van der Waals surface area contributed by atoms with Crippen LogP contribution in [0.3, 0.4) is 0 Å². The minimum absolute atomic E-state index is 0.00707. The van der Waals surface area contributed by atoms with E-state index in [0.29, 0.717) is 23.9 Å². The molecule has 1 aromatic rings. The molecule has 146 valence electrons. The fourth-order valence-electron chi connectivity index (χ4n) is 3.11. The summed E-state index contributed by atoms with van der Waals surface area (Å²) in [6, 6.07) is 5.33. The molecule has 6 nitrogen and oxygen atoms in total. The molecule has 1 amide bonds. The minimum atomic E-state index is -3.50. The zero-order chi connectivity index (χ0) is 19.3. The van der Waals surface area contributed by atoms with Crippen LogP contribution in [0.15, 0.2) is 18.2 Å². The Kier molecular flexibility index (Phi) is 6.92. The molecule has 1 aliphatic heterocycles. The number of anilines is 1. The SMILES string of the molecule is CCCC[C@H](CC)CNC(=O)[C@H]1CN(S(C)(=O)=O)c2cc(C)ccc2O1. The summed E-state index contributed by atoms with van der Waals surface area (Å²) < 4.78 is 31.5. The quantitative estimate of drug-likeness (QED) is 0.750. The number of nitrogens with one attached hydrogen (secondary N) is 1. The van der Waals surface area contributed by atoms with Crippen LogP contribution < -0.4 is 14.4 Å². The summed E-state index contributed by atoms with van der Waals surface area (Å²) in [5.74, 6) is 0.591. The molecule has 2 rings (SSSR count). The van der Waals surface area contributed by atoms with Crippen molar-refractivity contribution in [3.63, 3.8) is 0 Å². The van der Waals surface area contributed by atoms with E-state index in [-0.39, 0.29) is 12.5 Å². The van der Waals surface area contributed by atoms with Crippen molar-refractivity contribution in [2.75, 3.05) is 23.7 Å². The van der Waals surface area contributed by atoms with Gasteiger partial charge in [0.05, 0.1) is 18.5 Å². The number of hydrogen-bond donors (Lipinski definition) is 1. The lowest BCUT2D eigenvalue weighted by Gasteiger charge is -2.34. The second kappa shape index (κ2) is 8.75. The Morgan fingerprint density at radius 2 is 2.12 bits per heavy atom. The summed E-state index contributed by atoms with van der Waals surface area (Å²) >= 11 is 0. The Morgan fingerprint density at radius 3 is 2.73 bits per heavy atom. The number of amides is 1. The van der Waals surface area contributed by atoms with E-state index in [1.165, 1.54) is 4.31 Å². The van der Waals surface area contributed by atoms with Crippen molar-refractivity contribution in [3.8, 4) is 5.75 Å². The molecule has 0 saturated heterocycles. The Hall–Kier alpha value is -1.76. The van der Waals surface area contributed by atoms with Crippen LogP contribution in [-0.2, 0) is 14.8 Å².